The number of likely N-dealkylation sites (N-methyl/N-ethyl adjacent to an activating group) is 2. The van der Waals surface area contributed by atoms with Crippen molar-refractivity contribution < 1.29 is 18.0 Å². The van der Waals surface area contributed by atoms with Crippen molar-refractivity contribution in [1.29, 1.82) is 0 Å². The van der Waals surface area contributed by atoms with Gasteiger partial charge in [0.25, 0.3) is 0 Å². The number of fused-ring (bicyclic) bond motifs is 1. The minimum absolute atomic E-state index is 0.149. The molecule has 1 heterocycles. The van der Waals surface area contributed by atoms with Crippen LogP contribution >= 0.6 is 0 Å². The van der Waals surface area contributed by atoms with Crippen molar-refractivity contribution in [2.24, 2.45) is 0 Å². The minimum Gasteiger partial charge on any atom is -0.353 e. The second-order valence-corrected chi connectivity index (χ2v) is 9.94. The molecule has 2 unspecified atom stereocenters. The van der Waals surface area contributed by atoms with E-state index in [1.165, 1.54) is 11.9 Å². The Morgan fingerprint density at radius 3 is 2.58 bits per heavy atom. The first-order valence-corrected chi connectivity index (χ1v) is 11.8. The van der Waals surface area contributed by atoms with E-state index in [1.54, 1.807) is 32.2 Å². The van der Waals surface area contributed by atoms with Crippen molar-refractivity contribution in [3.8, 4) is 0 Å². The molecule has 8 nitrogen and oxygen atoms in total. The number of nitrogens with zero attached hydrogens (tertiary/aromatic N) is 2. The van der Waals surface area contributed by atoms with Gasteiger partial charge in [0.05, 0.1) is 4.90 Å². The van der Waals surface area contributed by atoms with E-state index in [2.05, 4.69) is 10.6 Å². The second-order valence-electron chi connectivity index (χ2n) is 7.94. The Bertz CT molecular complexity index is 1090. The van der Waals surface area contributed by atoms with Crippen LogP contribution in [0.1, 0.15) is 18.9 Å². The molecule has 1 saturated heterocycles. The standard InChI is InChI=1S/C22H30N4O4S/c1-15-5-6-18-14-19(8-7-17(18)13-15)31(29,30)25(4)20-9-12-26(22(20)28)16(2)21(27)24-11-10-23-3/h5-8,13-14,16,20,23H,9-12H2,1-4H3,(H,24,27). The predicted octanol–water partition coefficient (Wildman–Crippen LogP) is 1.09. The molecule has 0 bridgehead atoms. The number of amides is 2. The highest BCUT2D eigenvalue weighted by Gasteiger charge is 2.42. The van der Waals surface area contributed by atoms with Crippen molar-refractivity contribution in [1.82, 2.24) is 19.8 Å². The normalized spacial score (nSPS) is 18.0. The van der Waals surface area contributed by atoms with E-state index in [-0.39, 0.29) is 16.7 Å². The van der Waals surface area contributed by atoms with Gasteiger partial charge in [-0.25, -0.2) is 8.42 Å². The highest BCUT2D eigenvalue weighted by atomic mass is 32.2. The summed E-state index contributed by atoms with van der Waals surface area (Å²) in [5.41, 5.74) is 1.10. The van der Waals surface area contributed by atoms with E-state index in [0.29, 0.717) is 26.1 Å². The molecule has 2 atom stereocenters. The molecular formula is C22H30N4O4S. The first-order chi connectivity index (χ1) is 14.7. The van der Waals surface area contributed by atoms with Crippen LogP contribution in [0.25, 0.3) is 10.8 Å². The monoisotopic (exact) mass is 446 g/mol. The number of likely N-dealkylation sites (tertiary alicyclic amines) is 1. The molecule has 168 valence electrons. The summed E-state index contributed by atoms with van der Waals surface area (Å²) in [6, 6.07) is 9.32. The maximum absolute atomic E-state index is 13.2. The molecule has 0 spiro atoms. The van der Waals surface area contributed by atoms with Gasteiger partial charge in [0.2, 0.25) is 21.8 Å². The highest BCUT2D eigenvalue weighted by molar-refractivity contribution is 7.89. The van der Waals surface area contributed by atoms with Crippen molar-refractivity contribution in [3.63, 3.8) is 0 Å². The smallest absolute Gasteiger partial charge is 0.243 e. The molecule has 1 fully saturated rings. The number of carbonyl (C=O) groups is 2. The summed E-state index contributed by atoms with van der Waals surface area (Å²) >= 11 is 0. The number of hydrogen-bond donors (Lipinski definition) is 2. The number of rotatable bonds is 8. The third-order valence-corrected chi connectivity index (χ3v) is 7.68. The lowest BCUT2D eigenvalue weighted by atomic mass is 10.1. The van der Waals surface area contributed by atoms with E-state index in [9.17, 15) is 18.0 Å². The Kier molecular flexibility index (Phi) is 6.98. The fraction of sp³-hybridized carbons (Fsp3) is 0.455. The number of benzene rings is 2. The third-order valence-electron chi connectivity index (χ3n) is 5.82. The molecule has 0 radical (unpaired) electrons. The summed E-state index contributed by atoms with van der Waals surface area (Å²) in [6.45, 7) is 5.06. The second kappa shape index (κ2) is 9.33. The van der Waals surface area contributed by atoms with Crippen molar-refractivity contribution in [2.45, 2.75) is 37.2 Å². The predicted molar refractivity (Wildman–Crippen MR) is 120 cm³/mol. The molecule has 3 rings (SSSR count). The molecule has 0 aliphatic carbocycles. The summed E-state index contributed by atoms with van der Waals surface area (Å²) in [4.78, 5) is 26.9. The van der Waals surface area contributed by atoms with Gasteiger partial charge >= 0.3 is 0 Å². The average Bonchev–Trinajstić information content (AvgIpc) is 3.13. The highest BCUT2D eigenvalue weighted by Crippen LogP contribution is 2.27. The molecule has 2 aromatic rings. The van der Waals surface area contributed by atoms with Crippen LogP contribution in [0.4, 0.5) is 0 Å². The summed E-state index contributed by atoms with van der Waals surface area (Å²) in [5.74, 6) is -0.599. The number of aryl methyl sites for hydroxylation is 1. The SMILES string of the molecule is CNCCNC(=O)C(C)N1CCC(N(C)S(=O)(=O)c2ccc3cc(C)ccc3c2)C1=O. The third kappa shape index (κ3) is 4.73. The molecule has 2 amide bonds. The molecule has 1 aliphatic heterocycles. The Morgan fingerprint density at radius 2 is 1.87 bits per heavy atom. The quantitative estimate of drug-likeness (QED) is 0.592. The van der Waals surface area contributed by atoms with E-state index >= 15 is 0 Å². The Morgan fingerprint density at radius 1 is 1.19 bits per heavy atom. The van der Waals surface area contributed by atoms with Crippen LogP contribution in [0.2, 0.25) is 0 Å². The first-order valence-electron chi connectivity index (χ1n) is 10.4. The molecule has 9 heteroatoms. The Hall–Kier alpha value is -2.49. The van der Waals surface area contributed by atoms with E-state index in [0.717, 1.165) is 20.6 Å². The van der Waals surface area contributed by atoms with Crippen molar-refractivity contribution in [3.05, 3.63) is 42.0 Å². The van der Waals surface area contributed by atoms with E-state index < -0.39 is 22.1 Å². The fourth-order valence-electron chi connectivity index (χ4n) is 3.85. The fourth-order valence-corrected chi connectivity index (χ4v) is 5.22. The molecule has 0 saturated carbocycles. The Balaban J connectivity index is 1.76. The number of sulfonamides is 1. The van der Waals surface area contributed by atoms with E-state index in [4.69, 9.17) is 0 Å². The van der Waals surface area contributed by atoms with Gasteiger partial charge < -0.3 is 15.5 Å². The van der Waals surface area contributed by atoms with Gasteiger partial charge in [0.1, 0.15) is 12.1 Å². The number of nitrogens with one attached hydrogen (secondary N) is 2. The molecule has 2 N–H and O–H groups in total. The Labute approximate surface area is 183 Å². The van der Waals surface area contributed by atoms with Crippen molar-refractivity contribution in [2.75, 3.05) is 33.7 Å². The summed E-state index contributed by atoms with van der Waals surface area (Å²) in [6.07, 6.45) is 0.343. The zero-order chi connectivity index (χ0) is 22.8. The van der Waals surface area contributed by atoms with Gasteiger partial charge in [-0.3, -0.25) is 9.59 Å². The zero-order valence-corrected chi connectivity index (χ0v) is 19.2. The van der Waals surface area contributed by atoms with Crippen LogP contribution in [-0.4, -0.2) is 75.3 Å². The van der Waals surface area contributed by atoms with Gasteiger partial charge in [0.15, 0.2) is 0 Å². The largest absolute Gasteiger partial charge is 0.353 e. The summed E-state index contributed by atoms with van der Waals surface area (Å²) in [5, 5.41) is 7.50. The van der Waals surface area contributed by atoms with Gasteiger partial charge in [0, 0.05) is 26.7 Å². The van der Waals surface area contributed by atoms with Gasteiger partial charge in [-0.2, -0.15) is 4.31 Å². The van der Waals surface area contributed by atoms with Crippen LogP contribution in [0.15, 0.2) is 41.3 Å². The maximum Gasteiger partial charge on any atom is 0.243 e. The topological polar surface area (TPSA) is 98.8 Å². The lowest BCUT2D eigenvalue weighted by molar-refractivity contribution is -0.138. The van der Waals surface area contributed by atoms with Crippen LogP contribution in [-0.2, 0) is 19.6 Å². The molecule has 31 heavy (non-hydrogen) atoms. The average molecular weight is 447 g/mol. The van der Waals surface area contributed by atoms with Gasteiger partial charge in [-0.1, -0.05) is 29.8 Å². The zero-order valence-electron chi connectivity index (χ0n) is 18.4. The van der Waals surface area contributed by atoms with Crippen LogP contribution in [0.5, 0.6) is 0 Å². The summed E-state index contributed by atoms with van der Waals surface area (Å²) in [7, 11) is -0.649. The maximum atomic E-state index is 13.2. The lowest BCUT2D eigenvalue weighted by Crippen LogP contribution is -2.50. The van der Waals surface area contributed by atoms with Crippen LogP contribution < -0.4 is 10.6 Å². The number of carbonyl (C=O) groups excluding carboxylic acids is 2. The minimum atomic E-state index is -3.87. The molecule has 1 aliphatic rings. The first kappa shape index (κ1) is 23.2. The molecule has 2 aromatic carbocycles. The van der Waals surface area contributed by atoms with Gasteiger partial charge in [-0.05, 0) is 50.2 Å². The lowest BCUT2D eigenvalue weighted by Gasteiger charge is -2.26. The van der Waals surface area contributed by atoms with Gasteiger partial charge in [-0.15, -0.1) is 0 Å². The van der Waals surface area contributed by atoms with Crippen LogP contribution in [0.3, 0.4) is 0 Å². The molecular weight excluding hydrogens is 416 g/mol. The molecule has 0 aromatic heterocycles. The summed E-state index contributed by atoms with van der Waals surface area (Å²) < 4.78 is 27.6. The van der Waals surface area contributed by atoms with Crippen LogP contribution in [0, 0.1) is 6.92 Å². The van der Waals surface area contributed by atoms with E-state index in [1.807, 2.05) is 25.1 Å². The number of hydrogen-bond acceptors (Lipinski definition) is 5. The van der Waals surface area contributed by atoms with Crippen molar-refractivity contribution >= 4 is 32.6 Å².